The molecule has 1 saturated heterocycles. The molecule has 1 aromatic rings. The Bertz CT molecular complexity index is 647. The van der Waals surface area contributed by atoms with E-state index in [2.05, 4.69) is 10.0 Å². The Morgan fingerprint density at radius 2 is 2.08 bits per heavy atom. The number of rotatable bonds is 6. The highest BCUT2D eigenvalue weighted by Gasteiger charge is 2.35. The van der Waals surface area contributed by atoms with E-state index in [1.807, 2.05) is 0 Å². The molecule has 10 heteroatoms. The zero-order valence-corrected chi connectivity index (χ0v) is 14.7. The van der Waals surface area contributed by atoms with Crippen LogP contribution < -0.4 is 10.0 Å². The second-order valence-corrected chi connectivity index (χ2v) is 7.36. The highest BCUT2D eigenvalue weighted by Crippen LogP contribution is 2.30. The number of hydrogen-bond acceptors (Lipinski definition) is 4. The highest BCUT2D eigenvalue weighted by atomic mass is 35.5. The summed E-state index contributed by atoms with van der Waals surface area (Å²) < 4.78 is 70.2. The summed E-state index contributed by atoms with van der Waals surface area (Å²) in [6.07, 6.45) is -2.98. The quantitative estimate of drug-likeness (QED) is 0.783. The maximum Gasteiger partial charge on any atom is 0.416 e. The smallest absolute Gasteiger partial charge is 0.383 e. The van der Waals surface area contributed by atoms with Crippen molar-refractivity contribution in [3.63, 3.8) is 0 Å². The van der Waals surface area contributed by atoms with Gasteiger partial charge in [-0.2, -0.15) is 13.2 Å². The first-order valence-electron chi connectivity index (χ1n) is 7.09. The van der Waals surface area contributed by atoms with E-state index in [1.54, 1.807) is 0 Å². The zero-order chi connectivity index (χ0) is 17.1. The molecule has 1 fully saturated rings. The van der Waals surface area contributed by atoms with Crippen LogP contribution in [-0.4, -0.2) is 40.8 Å². The van der Waals surface area contributed by atoms with Gasteiger partial charge in [-0.25, -0.2) is 13.1 Å². The number of hydrogen-bond donors (Lipinski definition) is 2. The molecule has 0 bridgehead atoms. The predicted molar refractivity (Wildman–Crippen MR) is 85.7 cm³/mol. The van der Waals surface area contributed by atoms with Crippen LogP contribution in [0.5, 0.6) is 0 Å². The van der Waals surface area contributed by atoms with Crippen LogP contribution in [0.2, 0.25) is 0 Å². The lowest BCUT2D eigenvalue weighted by atomic mass is 9.99. The number of alkyl halides is 3. The van der Waals surface area contributed by atoms with Gasteiger partial charge < -0.3 is 10.1 Å². The third-order valence-corrected chi connectivity index (χ3v) is 5.22. The van der Waals surface area contributed by atoms with Gasteiger partial charge >= 0.3 is 6.18 Å². The molecule has 2 rings (SSSR count). The van der Waals surface area contributed by atoms with Gasteiger partial charge in [-0.15, -0.1) is 12.4 Å². The number of nitrogens with one attached hydrogen (secondary N) is 2. The Morgan fingerprint density at radius 3 is 2.62 bits per heavy atom. The molecule has 0 spiro atoms. The fourth-order valence-electron chi connectivity index (χ4n) is 2.63. The van der Waals surface area contributed by atoms with Gasteiger partial charge in [-0.1, -0.05) is 6.07 Å². The fraction of sp³-hybridized carbons (Fsp3) is 0.571. The van der Waals surface area contributed by atoms with Crippen molar-refractivity contribution in [2.75, 3.05) is 26.8 Å². The van der Waals surface area contributed by atoms with Crippen molar-refractivity contribution in [2.45, 2.75) is 29.5 Å². The van der Waals surface area contributed by atoms with Crippen LogP contribution in [0, 0.1) is 0 Å². The standard InChI is InChI=1S/C14H19F3N2O3S.ClH/c1-22-10-13(6-3-7-18-13)9-19-23(20,21)12-5-2-4-11(8-12)14(15,16)17;/h2,4-5,8,18-19H,3,6-7,9-10H2,1H3;1H. The van der Waals surface area contributed by atoms with Crippen molar-refractivity contribution in [3.8, 4) is 0 Å². The van der Waals surface area contributed by atoms with Gasteiger partial charge in [-0.05, 0) is 37.6 Å². The predicted octanol–water partition coefficient (Wildman–Crippen LogP) is 2.17. The number of benzene rings is 1. The molecular formula is C14H20ClF3N2O3S. The molecule has 0 aromatic heterocycles. The topological polar surface area (TPSA) is 67.4 Å². The van der Waals surface area contributed by atoms with Gasteiger partial charge in [0.2, 0.25) is 10.0 Å². The maximum atomic E-state index is 12.7. The molecule has 0 saturated carbocycles. The van der Waals surface area contributed by atoms with Crippen LogP contribution in [0.15, 0.2) is 29.2 Å². The first-order chi connectivity index (χ1) is 10.7. The summed E-state index contributed by atoms with van der Waals surface area (Å²) in [5, 5.41) is 3.20. The summed E-state index contributed by atoms with van der Waals surface area (Å²) in [6.45, 7) is 1.12. The van der Waals surface area contributed by atoms with E-state index < -0.39 is 32.2 Å². The highest BCUT2D eigenvalue weighted by molar-refractivity contribution is 7.89. The van der Waals surface area contributed by atoms with Crippen LogP contribution in [0.4, 0.5) is 13.2 Å². The van der Waals surface area contributed by atoms with Crippen LogP contribution in [0.1, 0.15) is 18.4 Å². The third kappa shape index (κ3) is 5.06. The Labute approximate surface area is 145 Å². The summed E-state index contributed by atoms with van der Waals surface area (Å²) >= 11 is 0. The SMILES string of the molecule is COCC1(CNS(=O)(=O)c2cccc(C(F)(F)F)c2)CCCN1.Cl. The van der Waals surface area contributed by atoms with Crippen LogP contribution in [0.25, 0.3) is 0 Å². The normalized spacial score (nSPS) is 21.5. The molecule has 1 aliphatic rings. The average molecular weight is 389 g/mol. The van der Waals surface area contributed by atoms with E-state index in [4.69, 9.17) is 4.74 Å². The van der Waals surface area contributed by atoms with Crippen LogP contribution in [-0.2, 0) is 20.9 Å². The van der Waals surface area contributed by atoms with E-state index in [-0.39, 0.29) is 19.0 Å². The minimum Gasteiger partial charge on any atom is -0.383 e. The number of sulfonamides is 1. The minimum atomic E-state index is -4.59. The maximum absolute atomic E-state index is 12.7. The Hall–Kier alpha value is -0.870. The summed E-state index contributed by atoms with van der Waals surface area (Å²) in [7, 11) is -2.52. The third-order valence-electron chi connectivity index (χ3n) is 3.82. The summed E-state index contributed by atoms with van der Waals surface area (Å²) in [4.78, 5) is -0.405. The van der Waals surface area contributed by atoms with Crippen molar-refractivity contribution < 1.29 is 26.3 Å². The zero-order valence-electron chi connectivity index (χ0n) is 13.0. The average Bonchev–Trinajstić information content (AvgIpc) is 2.94. The van der Waals surface area contributed by atoms with Crippen molar-refractivity contribution in [1.29, 1.82) is 0 Å². The molecule has 1 aromatic carbocycles. The lowest BCUT2D eigenvalue weighted by Crippen LogP contribution is -2.52. The van der Waals surface area contributed by atoms with Crippen molar-refractivity contribution in [1.82, 2.24) is 10.0 Å². The molecular weight excluding hydrogens is 369 g/mol. The minimum absolute atomic E-state index is 0. The van der Waals surface area contributed by atoms with E-state index in [0.717, 1.165) is 37.6 Å². The van der Waals surface area contributed by atoms with Crippen molar-refractivity contribution in [2.24, 2.45) is 0 Å². The van der Waals surface area contributed by atoms with Gasteiger partial charge in [0, 0.05) is 13.7 Å². The summed E-state index contributed by atoms with van der Waals surface area (Å²) in [5.74, 6) is 0. The monoisotopic (exact) mass is 388 g/mol. The Balaban J connectivity index is 0.00000288. The van der Waals surface area contributed by atoms with Gasteiger partial charge in [0.1, 0.15) is 0 Å². The first kappa shape index (κ1) is 21.2. The number of methoxy groups -OCH3 is 1. The Morgan fingerprint density at radius 1 is 1.38 bits per heavy atom. The van der Waals surface area contributed by atoms with E-state index in [0.29, 0.717) is 12.7 Å². The molecule has 1 heterocycles. The summed E-state index contributed by atoms with van der Waals surface area (Å²) in [5.41, 5.74) is -1.52. The van der Waals surface area contributed by atoms with Gasteiger partial charge in [0.05, 0.1) is 22.6 Å². The molecule has 0 radical (unpaired) electrons. The largest absolute Gasteiger partial charge is 0.416 e. The van der Waals surface area contributed by atoms with Crippen LogP contribution in [0.3, 0.4) is 0 Å². The molecule has 1 unspecified atom stereocenters. The van der Waals surface area contributed by atoms with E-state index in [9.17, 15) is 21.6 Å². The number of ether oxygens (including phenoxy) is 1. The first-order valence-corrected chi connectivity index (χ1v) is 8.58. The molecule has 24 heavy (non-hydrogen) atoms. The lowest BCUT2D eigenvalue weighted by Gasteiger charge is -2.28. The molecule has 0 aliphatic carbocycles. The van der Waals surface area contributed by atoms with Gasteiger partial charge in [0.15, 0.2) is 0 Å². The van der Waals surface area contributed by atoms with E-state index >= 15 is 0 Å². The fourth-order valence-corrected chi connectivity index (χ4v) is 3.80. The van der Waals surface area contributed by atoms with Crippen LogP contribution >= 0.6 is 12.4 Å². The molecule has 138 valence electrons. The second-order valence-electron chi connectivity index (χ2n) is 5.59. The summed E-state index contributed by atoms with van der Waals surface area (Å²) in [6, 6.07) is 3.69. The number of halogens is 4. The molecule has 0 amide bonds. The molecule has 2 N–H and O–H groups in total. The van der Waals surface area contributed by atoms with Gasteiger partial charge in [-0.3, -0.25) is 0 Å². The molecule has 5 nitrogen and oxygen atoms in total. The van der Waals surface area contributed by atoms with Gasteiger partial charge in [0.25, 0.3) is 0 Å². The van der Waals surface area contributed by atoms with Crippen molar-refractivity contribution in [3.05, 3.63) is 29.8 Å². The molecule has 1 atom stereocenters. The Kier molecular flexibility index (Phi) is 7.06. The lowest BCUT2D eigenvalue weighted by molar-refractivity contribution is -0.137. The second kappa shape index (κ2) is 8.01. The molecule has 1 aliphatic heterocycles. The van der Waals surface area contributed by atoms with Crippen molar-refractivity contribution >= 4 is 22.4 Å². The van der Waals surface area contributed by atoms with E-state index in [1.165, 1.54) is 7.11 Å².